The number of ether oxygens (including phenoxy) is 2. The van der Waals surface area contributed by atoms with Gasteiger partial charge in [0, 0.05) is 23.9 Å². The van der Waals surface area contributed by atoms with Crippen LogP contribution >= 0.6 is 0 Å². The highest BCUT2D eigenvalue weighted by Crippen LogP contribution is 2.47. The van der Waals surface area contributed by atoms with Crippen molar-refractivity contribution in [2.45, 2.75) is 30.9 Å². The van der Waals surface area contributed by atoms with Gasteiger partial charge in [0.2, 0.25) is 0 Å². The molecule has 1 saturated heterocycles. The Morgan fingerprint density at radius 1 is 0.914 bits per heavy atom. The molecule has 0 saturated carbocycles. The molecule has 0 radical (unpaired) electrons. The van der Waals surface area contributed by atoms with Crippen LogP contribution in [0.2, 0.25) is 0 Å². The number of rotatable bonds is 6. The molecule has 4 nitrogen and oxygen atoms in total. The first-order chi connectivity index (χ1) is 16.9. The fraction of sp³-hybridized carbons (Fsp3) is 0.357. The summed E-state index contributed by atoms with van der Waals surface area (Å²) in [4.78, 5) is 2.40. The van der Waals surface area contributed by atoms with Crippen molar-refractivity contribution in [3.05, 3.63) is 89.0 Å². The van der Waals surface area contributed by atoms with Gasteiger partial charge in [-0.05, 0) is 79.5 Å². The van der Waals surface area contributed by atoms with Crippen LogP contribution in [-0.4, -0.2) is 42.9 Å². The van der Waals surface area contributed by atoms with Crippen molar-refractivity contribution < 1.29 is 27.8 Å². The molecule has 5 rings (SSSR count). The number of alkyl halides is 3. The van der Waals surface area contributed by atoms with E-state index < -0.39 is 11.7 Å². The van der Waals surface area contributed by atoms with Crippen molar-refractivity contribution in [1.29, 1.82) is 0 Å². The van der Waals surface area contributed by atoms with Crippen LogP contribution in [0.15, 0.2) is 66.7 Å². The molecule has 2 aliphatic heterocycles. The molecule has 0 spiro atoms. The third-order valence-electron chi connectivity index (χ3n) is 6.93. The Balaban J connectivity index is 1.40. The Bertz CT molecular complexity index is 1140. The second kappa shape index (κ2) is 9.82. The van der Waals surface area contributed by atoms with E-state index in [1.165, 1.54) is 25.0 Å². The quantitative estimate of drug-likeness (QED) is 0.454. The summed E-state index contributed by atoms with van der Waals surface area (Å²) < 4.78 is 51.2. The summed E-state index contributed by atoms with van der Waals surface area (Å²) in [7, 11) is 0. The summed E-state index contributed by atoms with van der Waals surface area (Å²) in [6.45, 7) is 4.11. The predicted molar refractivity (Wildman–Crippen MR) is 127 cm³/mol. The second-order valence-corrected chi connectivity index (χ2v) is 9.20. The molecule has 1 fully saturated rings. The van der Waals surface area contributed by atoms with Crippen molar-refractivity contribution in [3.8, 4) is 17.2 Å². The van der Waals surface area contributed by atoms with Crippen molar-refractivity contribution in [3.63, 3.8) is 0 Å². The lowest BCUT2D eigenvalue weighted by molar-refractivity contribution is -0.137. The van der Waals surface area contributed by atoms with Gasteiger partial charge in [-0.3, -0.25) is 4.90 Å². The third kappa shape index (κ3) is 5.25. The summed E-state index contributed by atoms with van der Waals surface area (Å²) in [6.07, 6.45) is -1.89. The molecule has 7 heteroatoms. The van der Waals surface area contributed by atoms with Gasteiger partial charge in [0.1, 0.15) is 23.9 Å². The van der Waals surface area contributed by atoms with Crippen LogP contribution in [-0.2, 0) is 6.18 Å². The Kier molecular flexibility index (Phi) is 6.60. The topological polar surface area (TPSA) is 41.9 Å². The summed E-state index contributed by atoms with van der Waals surface area (Å²) in [6, 6.07) is 18.1. The number of fused-ring (bicyclic) bond motifs is 1. The van der Waals surface area contributed by atoms with E-state index in [9.17, 15) is 18.3 Å². The average Bonchev–Trinajstić information content (AvgIpc) is 3.37. The van der Waals surface area contributed by atoms with Crippen LogP contribution in [0.25, 0.3) is 0 Å². The van der Waals surface area contributed by atoms with Crippen molar-refractivity contribution in [2.75, 3.05) is 32.8 Å². The van der Waals surface area contributed by atoms with Crippen molar-refractivity contribution >= 4 is 0 Å². The lowest BCUT2D eigenvalue weighted by Crippen LogP contribution is -2.25. The molecule has 184 valence electrons. The molecule has 1 N–H and O–H groups in total. The molecule has 35 heavy (non-hydrogen) atoms. The molecule has 2 atom stereocenters. The fourth-order valence-electron chi connectivity index (χ4n) is 5.09. The van der Waals surface area contributed by atoms with E-state index >= 15 is 0 Å². The molecular weight excluding hydrogens is 455 g/mol. The highest BCUT2D eigenvalue weighted by atomic mass is 19.4. The van der Waals surface area contributed by atoms with Gasteiger partial charge in [-0.15, -0.1) is 0 Å². The Morgan fingerprint density at radius 2 is 1.60 bits per heavy atom. The number of halogens is 3. The number of likely N-dealkylation sites (tertiary alicyclic amines) is 1. The monoisotopic (exact) mass is 483 g/mol. The minimum absolute atomic E-state index is 0.118. The second-order valence-electron chi connectivity index (χ2n) is 9.20. The Morgan fingerprint density at radius 3 is 2.29 bits per heavy atom. The SMILES string of the molecule is Oc1ccc2c(c1)C(c1ccc(OCCN3CCCC3)cc1)[C@@H](c1ccc(C(F)(F)F)cc1)CO2. The summed E-state index contributed by atoms with van der Waals surface area (Å²) in [5.74, 6) is 1.16. The summed E-state index contributed by atoms with van der Waals surface area (Å²) in [5.41, 5.74) is 1.87. The van der Waals surface area contributed by atoms with E-state index in [0.29, 0.717) is 19.0 Å². The number of aromatic hydroxyl groups is 1. The van der Waals surface area contributed by atoms with E-state index in [1.807, 2.05) is 24.3 Å². The van der Waals surface area contributed by atoms with Crippen LogP contribution < -0.4 is 9.47 Å². The van der Waals surface area contributed by atoms with Gasteiger partial charge in [-0.2, -0.15) is 13.2 Å². The number of hydrogen-bond acceptors (Lipinski definition) is 4. The van der Waals surface area contributed by atoms with Crippen molar-refractivity contribution in [1.82, 2.24) is 4.90 Å². The van der Waals surface area contributed by atoms with Crippen LogP contribution in [0.3, 0.4) is 0 Å². The van der Waals surface area contributed by atoms with Gasteiger partial charge >= 0.3 is 6.18 Å². The molecular formula is C28H28F3NO3. The maximum Gasteiger partial charge on any atom is 0.416 e. The number of phenolic OH excluding ortho intramolecular Hbond substituents is 1. The predicted octanol–water partition coefficient (Wildman–Crippen LogP) is 6.19. The summed E-state index contributed by atoms with van der Waals surface area (Å²) >= 11 is 0. The fourth-order valence-corrected chi connectivity index (χ4v) is 5.09. The maximum absolute atomic E-state index is 13.1. The van der Waals surface area contributed by atoms with E-state index in [1.54, 1.807) is 18.2 Å². The zero-order chi connectivity index (χ0) is 24.4. The maximum atomic E-state index is 13.1. The van der Waals surface area contributed by atoms with Gasteiger partial charge in [0.05, 0.1) is 12.2 Å². The first kappa shape index (κ1) is 23.5. The van der Waals surface area contributed by atoms with E-state index in [0.717, 1.165) is 54.2 Å². The van der Waals surface area contributed by atoms with Gasteiger partial charge < -0.3 is 14.6 Å². The molecule has 2 aliphatic rings. The Hall–Kier alpha value is -3.19. The van der Waals surface area contributed by atoms with Gasteiger partial charge in [0.25, 0.3) is 0 Å². The van der Waals surface area contributed by atoms with E-state index in [2.05, 4.69) is 4.90 Å². The third-order valence-corrected chi connectivity index (χ3v) is 6.93. The molecule has 1 unspecified atom stereocenters. The highest BCUT2D eigenvalue weighted by molar-refractivity contribution is 5.51. The lowest BCUT2D eigenvalue weighted by Gasteiger charge is -2.34. The van der Waals surface area contributed by atoms with Crippen LogP contribution in [0.5, 0.6) is 17.2 Å². The minimum Gasteiger partial charge on any atom is -0.508 e. The number of hydrogen-bond donors (Lipinski definition) is 1. The molecule has 0 bridgehead atoms. The first-order valence-corrected chi connectivity index (χ1v) is 12.0. The molecule has 3 aromatic carbocycles. The Labute approximate surface area is 202 Å². The lowest BCUT2D eigenvalue weighted by atomic mass is 9.75. The largest absolute Gasteiger partial charge is 0.508 e. The van der Waals surface area contributed by atoms with E-state index in [4.69, 9.17) is 9.47 Å². The zero-order valence-electron chi connectivity index (χ0n) is 19.3. The van der Waals surface area contributed by atoms with Gasteiger partial charge in [-0.25, -0.2) is 0 Å². The van der Waals surface area contributed by atoms with Crippen LogP contribution in [0.4, 0.5) is 13.2 Å². The first-order valence-electron chi connectivity index (χ1n) is 12.0. The molecule has 0 aliphatic carbocycles. The number of nitrogens with zero attached hydrogens (tertiary/aromatic N) is 1. The van der Waals surface area contributed by atoms with Crippen LogP contribution in [0.1, 0.15) is 46.9 Å². The number of benzene rings is 3. The zero-order valence-corrected chi connectivity index (χ0v) is 19.3. The summed E-state index contributed by atoms with van der Waals surface area (Å²) in [5, 5.41) is 10.2. The van der Waals surface area contributed by atoms with Crippen LogP contribution in [0, 0.1) is 0 Å². The van der Waals surface area contributed by atoms with Crippen molar-refractivity contribution in [2.24, 2.45) is 0 Å². The van der Waals surface area contributed by atoms with Gasteiger partial charge in [0.15, 0.2) is 0 Å². The van der Waals surface area contributed by atoms with Gasteiger partial charge in [-0.1, -0.05) is 24.3 Å². The molecule has 3 aromatic rings. The smallest absolute Gasteiger partial charge is 0.416 e. The molecule has 0 aromatic heterocycles. The normalized spacial score (nSPS) is 20.3. The molecule has 2 heterocycles. The molecule has 0 amide bonds. The standard InChI is InChI=1S/C28H28F3NO3/c29-28(30,31)21-7-3-19(4-8-21)25-18-35-26-12-9-22(33)17-24(26)27(25)20-5-10-23(11-6-20)34-16-15-32-13-1-2-14-32/h3-12,17,25,27,33H,1-2,13-16,18H2/t25-,27?/m1/s1. The van der Waals surface area contributed by atoms with E-state index in [-0.39, 0.29) is 17.6 Å². The number of phenols is 1. The highest BCUT2D eigenvalue weighted by Gasteiger charge is 2.35. The average molecular weight is 484 g/mol. The minimum atomic E-state index is -4.38.